The molecule has 5 nitrogen and oxygen atoms in total. The van der Waals surface area contributed by atoms with Crippen molar-refractivity contribution in [3.63, 3.8) is 0 Å². The van der Waals surface area contributed by atoms with E-state index in [9.17, 15) is 4.79 Å². The molecule has 3 N–H and O–H groups in total. The van der Waals surface area contributed by atoms with Crippen LogP contribution < -0.4 is 15.8 Å². The van der Waals surface area contributed by atoms with Crippen molar-refractivity contribution >= 4 is 35.6 Å². The molecular formula is C22H31Cl2N3O2. The van der Waals surface area contributed by atoms with E-state index in [1.165, 1.54) is 5.57 Å². The number of nitrogen functional groups attached to an aromatic ring is 1. The quantitative estimate of drug-likeness (QED) is 0.635. The molecule has 1 fully saturated rings. The average molecular weight is 440 g/mol. The number of rotatable bonds is 6. The molecular weight excluding hydrogens is 409 g/mol. The maximum atomic E-state index is 12.8. The van der Waals surface area contributed by atoms with E-state index in [-0.39, 0.29) is 24.4 Å². The number of likely N-dealkylation sites (tertiary alicyclic amines) is 1. The SMILES string of the molecule is CCOc1cc(N)c(Cl)cc1C(=O)NC1CCN(C(C)C2=CC=CCC2)CC1.Cl. The van der Waals surface area contributed by atoms with Gasteiger partial charge in [0.05, 0.1) is 22.9 Å². The number of benzene rings is 1. The molecule has 2 aliphatic rings. The van der Waals surface area contributed by atoms with Crippen molar-refractivity contribution in [1.82, 2.24) is 10.2 Å². The molecule has 3 rings (SSSR count). The molecule has 160 valence electrons. The van der Waals surface area contributed by atoms with Crippen LogP contribution in [0.5, 0.6) is 5.75 Å². The second-order valence-electron chi connectivity index (χ2n) is 7.47. The molecule has 0 saturated carbocycles. The second kappa shape index (κ2) is 10.9. The minimum absolute atomic E-state index is 0. The lowest BCUT2D eigenvalue weighted by Crippen LogP contribution is -2.47. The molecule has 1 heterocycles. The highest BCUT2D eigenvalue weighted by atomic mass is 35.5. The lowest BCUT2D eigenvalue weighted by Gasteiger charge is -2.37. The molecule has 1 saturated heterocycles. The minimum atomic E-state index is -0.156. The van der Waals surface area contributed by atoms with Gasteiger partial charge in [0.2, 0.25) is 0 Å². The monoisotopic (exact) mass is 439 g/mol. The first kappa shape index (κ1) is 23.6. The molecule has 29 heavy (non-hydrogen) atoms. The van der Waals surface area contributed by atoms with E-state index >= 15 is 0 Å². The normalized spacial score (nSPS) is 18.5. The van der Waals surface area contributed by atoms with E-state index in [1.807, 2.05) is 6.92 Å². The molecule has 7 heteroatoms. The summed E-state index contributed by atoms with van der Waals surface area (Å²) < 4.78 is 5.58. The summed E-state index contributed by atoms with van der Waals surface area (Å²) in [6.07, 6.45) is 10.8. The summed E-state index contributed by atoms with van der Waals surface area (Å²) in [5.74, 6) is 0.322. The topological polar surface area (TPSA) is 67.6 Å². The first-order valence-corrected chi connectivity index (χ1v) is 10.5. The third-order valence-electron chi connectivity index (χ3n) is 5.64. The third-order valence-corrected chi connectivity index (χ3v) is 5.97. The Balaban J connectivity index is 0.00000300. The maximum absolute atomic E-state index is 12.8. The first-order valence-electron chi connectivity index (χ1n) is 10.1. The van der Waals surface area contributed by atoms with Crippen molar-refractivity contribution in [2.75, 3.05) is 25.4 Å². The van der Waals surface area contributed by atoms with Gasteiger partial charge in [-0.2, -0.15) is 0 Å². The standard InChI is InChI=1S/C22H30ClN3O2.ClH/c1-3-28-21-14-20(24)19(23)13-18(21)22(27)25-17-9-11-26(12-10-17)15(2)16-7-5-4-6-8-16;/h4-5,7,13-15,17H,3,6,8-12,24H2,1-2H3,(H,25,27);1H. The van der Waals surface area contributed by atoms with Gasteiger partial charge in [-0.3, -0.25) is 9.69 Å². The lowest BCUT2D eigenvalue weighted by atomic mass is 9.95. The fraction of sp³-hybridized carbons (Fsp3) is 0.500. The summed E-state index contributed by atoms with van der Waals surface area (Å²) in [6, 6.07) is 3.83. The number of allylic oxidation sites excluding steroid dienone is 3. The summed E-state index contributed by atoms with van der Waals surface area (Å²) in [7, 11) is 0. The van der Waals surface area contributed by atoms with Crippen LogP contribution in [0.15, 0.2) is 35.9 Å². The van der Waals surface area contributed by atoms with Gasteiger partial charge in [0.15, 0.2) is 0 Å². The highest BCUT2D eigenvalue weighted by Gasteiger charge is 2.26. The van der Waals surface area contributed by atoms with Crippen LogP contribution >= 0.6 is 24.0 Å². The summed E-state index contributed by atoms with van der Waals surface area (Å²) in [5, 5.41) is 3.52. The molecule has 1 aromatic rings. The van der Waals surface area contributed by atoms with Crippen LogP contribution in [-0.2, 0) is 0 Å². The van der Waals surface area contributed by atoms with Crippen LogP contribution in [0.2, 0.25) is 5.02 Å². The number of hydrogen-bond acceptors (Lipinski definition) is 4. The van der Waals surface area contributed by atoms with E-state index in [0.717, 1.165) is 38.8 Å². The van der Waals surface area contributed by atoms with Gasteiger partial charge in [-0.15, -0.1) is 12.4 Å². The van der Waals surface area contributed by atoms with Gasteiger partial charge >= 0.3 is 0 Å². The Bertz CT molecular complexity index is 772. The van der Waals surface area contributed by atoms with Crippen LogP contribution in [-0.4, -0.2) is 42.6 Å². The predicted molar refractivity (Wildman–Crippen MR) is 122 cm³/mol. The van der Waals surface area contributed by atoms with Gasteiger partial charge in [-0.1, -0.05) is 35.4 Å². The van der Waals surface area contributed by atoms with E-state index in [2.05, 4.69) is 35.4 Å². The summed E-state index contributed by atoms with van der Waals surface area (Å²) in [6.45, 7) is 6.58. The molecule has 1 atom stereocenters. The molecule has 0 radical (unpaired) electrons. The van der Waals surface area contributed by atoms with E-state index in [4.69, 9.17) is 22.1 Å². The van der Waals surface area contributed by atoms with Crippen molar-refractivity contribution in [3.8, 4) is 5.75 Å². The van der Waals surface area contributed by atoms with Gasteiger partial charge in [-0.25, -0.2) is 0 Å². The largest absolute Gasteiger partial charge is 0.493 e. The van der Waals surface area contributed by atoms with Gasteiger partial charge in [0.1, 0.15) is 5.75 Å². The summed E-state index contributed by atoms with van der Waals surface area (Å²) in [4.78, 5) is 15.3. The van der Waals surface area contributed by atoms with E-state index in [0.29, 0.717) is 34.7 Å². The Morgan fingerprint density at radius 3 is 2.72 bits per heavy atom. The summed E-state index contributed by atoms with van der Waals surface area (Å²) in [5.41, 5.74) is 8.21. The number of ether oxygens (including phenoxy) is 1. The average Bonchev–Trinajstić information content (AvgIpc) is 2.71. The van der Waals surface area contributed by atoms with Crippen molar-refractivity contribution in [2.45, 2.75) is 51.6 Å². The number of nitrogens with one attached hydrogen (secondary N) is 1. The number of nitrogens with two attached hydrogens (primary N) is 1. The molecule has 1 amide bonds. The molecule has 1 aliphatic heterocycles. The molecule has 0 aromatic heterocycles. The van der Waals surface area contributed by atoms with Crippen LogP contribution in [0.3, 0.4) is 0 Å². The van der Waals surface area contributed by atoms with Crippen LogP contribution in [0.4, 0.5) is 5.69 Å². The Hall–Kier alpha value is -1.69. The zero-order valence-electron chi connectivity index (χ0n) is 17.1. The second-order valence-corrected chi connectivity index (χ2v) is 7.88. The van der Waals surface area contributed by atoms with Crippen LogP contribution in [0, 0.1) is 0 Å². The number of piperidine rings is 1. The number of anilines is 1. The molecule has 0 bridgehead atoms. The minimum Gasteiger partial charge on any atom is -0.493 e. The highest BCUT2D eigenvalue weighted by Crippen LogP contribution is 2.29. The van der Waals surface area contributed by atoms with Crippen molar-refractivity contribution in [3.05, 3.63) is 46.5 Å². The number of hydrogen-bond donors (Lipinski definition) is 2. The fourth-order valence-corrected chi connectivity index (χ4v) is 4.08. The van der Waals surface area contributed by atoms with Crippen LogP contribution in [0.25, 0.3) is 0 Å². The smallest absolute Gasteiger partial charge is 0.255 e. The van der Waals surface area contributed by atoms with Crippen molar-refractivity contribution in [2.24, 2.45) is 0 Å². The number of carbonyl (C=O) groups excluding carboxylic acids is 1. The Morgan fingerprint density at radius 2 is 2.10 bits per heavy atom. The van der Waals surface area contributed by atoms with Gasteiger partial charge in [0, 0.05) is 31.2 Å². The fourth-order valence-electron chi connectivity index (χ4n) is 3.92. The summed E-state index contributed by atoms with van der Waals surface area (Å²) >= 11 is 6.12. The van der Waals surface area contributed by atoms with Crippen molar-refractivity contribution < 1.29 is 9.53 Å². The highest BCUT2D eigenvalue weighted by molar-refractivity contribution is 6.33. The lowest BCUT2D eigenvalue weighted by molar-refractivity contribution is 0.0899. The zero-order valence-corrected chi connectivity index (χ0v) is 18.7. The molecule has 1 unspecified atom stereocenters. The first-order chi connectivity index (χ1) is 13.5. The number of halogens is 2. The number of amides is 1. The Morgan fingerprint density at radius 1 is 1.38 bits per heavy atom. The van der Waals surface area contributed by atoms with Gasteiger partial charge in [-0.05, 0) is 45.6 Å². The van der Waals surface area contributed by atoms with Crippen LogP contribution in [0.1, 0.15) is 49.9 Å². The van der Waals surface area contributed by atoms with Gasteiger partial charge in [0.25, 0.3) is 5.91 Å². The predicted octanol–water partition coefficient (Wildman–Crippen LogP) is 4.60. The number of nitrogens with zero attached hydrogens (tertiary/aromatic N) is 1. The van der Waals surface area contributed by atoms with Crippen molar-refractivity contribution in [1.29, 1.82) is 0 Å². The third kappa shape index (κ3) is 5.91. The van der Waals surface area contributed by atoms with Gasteiger partial charge < -0.3 is 15.8 Å². The van der Waals surface area contributed by atoms with E-state index in [1.54, 1.807) is 12.1 Å². The molecule has 0 spiro atoms. The Kier molecular flexibility index (Phi) is 8.87. The zero-order chi connectivity index (χ0) is 20.1. The number of carbonyl (C=O) groups is 1. The molecule has 1 aliphatic carbocycles. The van der Waals surface area contributed by atoms with E-state index < -0.39 is 0 Å². The maximum Gasteiger partial charge on any atom is 0.255 e. The Labute approximate surface area is 184 Å². The molecule has 1 aromatic carbocycles.